The van der Waals surface area contributed by atoms with Crippen molar-refractivity contribution in [3.05, 3.63) is 40.9 Å². The second-order valence-corrected chi connectivity index (χ2v) is 6.97. The molecule has 21 heavy (non-hydrogen) atoms. The highest BCUT2D eigenvalue weighted by Crippen LogP contribution is 2.28. The van der Waals surface area contributed by atoms with E-state index in [4.69, 9.17) is 4.74 Å². The van der Waals surface area contributed by atoms with Gasteiger partial charge in [-0.25, -0.2) is 4.98 Å². The van der Waals surface area contributed by atoms with E-state index in [0.717, 1.165) is 34.5 Å². The molecular weight excluding hydrogens is 300 g/mol. The van der Waals surface area contributed by atoms with E-state index in [9.17, 15) is 0 Å². The molecule has 0 saturated heterocycles. The lowest BCUT2D eigenvalue weighted by Crippen LogP contribution is -2.24. The molecule has 1 heterocycles. The molecular formula is C16H22N2OS2. The van der Waals surface area contributed by atoms with E-state index in [1.807, 2.05) is 30.8 Å². The molecule has 0 aliphatic carbocycles. The lowest BCUT2D eigenvalue weighted by Gasteiger charge is -2.18. The summed E-state index contributed by atoms with van der Waals surface area (Å²) in [6.07, 6.45) is 1.13. The number of hydrogen-bond donors (Lipinski definition) is 1. The maximum Gasteiger partial charge on any atom is 0.150 e. The number of ether oxygens (including phenoxy) is 1. The van der Waals surface area contributed by atoms with E-state index in [1.54, 1.807) is 18.4 Å². The number of hydrogen-bond acceptors (Lipinski definition) is 5. The van der Waals surface area contributed by atoms with Gasteiger partial charge < -0.3 is 10.1 Å². The average Bonchev–Trinajstić information content (AvgIpc) is 2.93. The van der Waals surface area contributed by atoms with Crippen LogP contribution in [0.5, 0.6) is 5.75 Å². The highest BCUT2D eigenvalue weighted by atomic mass is 32.2. The molecule has 2 aromatic rings. The van der Waals surface area contributed by atoms with Gasteiger partial charge in [0.05, 0.1) is 7.11 Å². The molecule has 0 bridgehead atoms. The minimum atomic E-state index is 0.338. The van der Waals surface area contributed by atoms with Crippen LogP contribution in [0.25, 0.3) is 0 Å². The molecule has 0 saturated carbocycles. The Bertz CT molecular complexity index is 539. The van der Waals surface area contributed by atoms with E-state index in [-0.39, 0.29) is 0 Å². The molecule has 5 heteroatoms. The second-order valence-electron chi connectivity index (χ2n) is 4.85. The molecule has 0 fully saturated rings. The van der Waals surface area contributed by atoms with E-state index in [0.29, 0.717) is 6.04 Å². The Kier molecular flexibility index (Phi) is 6.54. The summed E-state index contributed by atoms with van der Waals surface area (Å²) in [5.74, 6) is 1.88. The van der Waals surface area contributed by atoms with Gasteiger partial charge in [0.15, 0.2) is 0 Å². The lowest BCUT2D eigenvalue weighted by atomic mass is 10.1. The molecule has 1 aromatic carbocycles. The van der Waals surface area contributed by atoms with Crippen molar-refractivity contribution in [2.75, 3.05) is 19.4 Å². The van der Waals surface area contributed by atoms with Gasteiger partial charge >= 0.3 is 0 Å². The average molecular weight is 322 g/mol. The summed E-state index contributed by atoms with van der Waals surface area (Å²) in [6, 6.07) is 8.66. The third-order valence-electron chi connectivity index (χ3n) is 3.13. The first kappa shape index (κ1) is 16.3. The van der Waals surface area contributed by atoms with Crippen LogP contribution in [0.15, 0.2) is 34.0 Å². The number of aryl methyl sites for hydroxylation is 1. The molecule has 114 valence electrons. The van der Waals surface area contributed by atoms with Crippen molar-refractivity contribution in [3.8, 4) is 5.75 Å². The fourth-order valence-corrected chi connectivity index (χ4v) is 3.95. The number of nitrogens with one attached hydrogen (secondary N) is 1. The zero-order chi connectivity index (χ0) is 15.1. The lowest BCUT2D eigenvalue weighted by molar-refractivity contribution is 0.414. The maximum absolute atomic E-state index is 5.23. The van der Waals surface area contributed by atoms with Crippen molar-refractivity contribution in [1.29, 1.82) is 0 Å². The SMILES string of the molecule is CCCNC(CSc1nc(C)cs1)c1ccc(OC)cc1. The van der Waals surface area contributed by atoms with Gasteiger partial charge in [0, 0.05) is 22.9 Å². The highest BCUT2D eigenvalue weighted by molar-refractivity contribution is 8.01. The largest absolute Gasteiger partial charge is 0.497 e. The normalized spacial score (nSPS) is 12.3. The van der Waals surface area contributed by atoms with Crippen LogP contribution in [0.4, 0.5) is 0 Å². The molecule has 2 rings (SSSR count). The Balaban J connectivity index is 2.01. The number of thiazole rings is 1. The van der Waals surface area contributed by atoms with Gasteiger partial charge in [-0.1, -0.05) is 30.8 Å². The molecule has 0 amide bonds. The number of thioether (sulfide) groups is 1. The number of benzene rings is 1. The standard InChI is InChI=1S/C16H22N2OS2/c1-4-9-17-15(11-21-16-18-12(2)10-20-16)13-5-7-14(19-3)8-6-13/h5-8,10,15,17H,4,9,11H2,1-3H3. The third kappa shape index (κ3) is 5.02. The molecule has 1 atom stereocenters. The third-order valence-corrected chi connectivity index (χ3v) is 5.36. The zero-order valence-corrected chi connectivity index (χ0v) is 14.4. The van der Waals surface area contributed by atoms with Crippen molar-refractivity contribution in [2.45, 2.75) is 30.6 Å². The number of nitrogens with zero attached hydrogens (tertiary/aromatic N) is 1. The van der Waals surface area contributed by atoms with Crippen LogP contribution in [0, 0.1) is 6.92 Å². The molecule has 0 aliphatic rings. The maximum atomic E-state index is 5.23. The number of aromatic nitrogens is 1. The van der Waals surface area contributed by atoms with Gasteiger partial charge in [0.2, 0.25) is 0 Å². The van der Waals surface area contributed by atoms with Crippen molar-refractivity contribution in [3.63, 3.8) is 0 Å². The van der Waals surface area contributed by atoms with Gasteiger partial charge in [-0.2, -0.15) is 0 Å². The number of rotatable bonds is 8. The van der Waals surface area contributed by atoms with Crippen LogP contribution in [0.3, 0.4) is 0 Å². The second kappa shape index (κ2) is 8.41. The Morgan fingerprint density at radius 1 is 1.33 bits per heavy atom. The molecule has 1 unspecified atom stereocenters. The summed E-state index contributed by atoms with van der Waals surface area (Å²) in [7, 11) is 1.70. The van der Waals surface area contributed by atoms with Crippen LogP contribution in [0.2, 0.25) is 0 Å². The minimum absolute atomic E-state index is 0.338. The molecule has 0 aliphatic heterocycles. The Morgan fingerprint density at radius 3 is 2.67 bits per heavy atom. The Hall–Kier alpha value is -1.04. The Morgan fingerprint density at radius 2 is 2.10 bits per heavy atom. The Labute approximate surface area is 135 Å². The van der Waals surface area contributed by atoms with Crippen molar-refractivity contribution in [2.24, 2.45) is 0 Å². The first-order valence-electron chi connectivity index (χ1n) is 7.15. The van der Waals surface area contributed by atoms with E-state index < -0.39 is 0 Å². The fourth-order valence-electron chi connectivity index (χ4n) is 1.98. The van der Waals surface area contributed by atoms with Crippen LogP contribution < -0.4 is 10.1 Å². The summed E-state index contributed by atoms with van der Waals surface area (Å²) in [4.78, 5) is 4.52. The summed E-state index contributed by atoms with van der Waals surface area (Å²) < 4.78 is 6.37. The first-order chi connectivity index (χ1) is 10.2. The van der Waals surface area contributed by atoms with E-state index in [1.165, 1.54) is 5.56 Å². The summed E-state index contributed by atoms with van der Waals surface area (Å²) >= 11 is 3.54. The van der Waals surface area contributed by atoms with Crippen LogP contribution in [0.1, 0.15) is 30.6 Å². The zero-order valence-electron chi connectivity index (χ0n) is 12.8. The van der Waals surface area contributed by atoms with Crippen LogP contribution >= 0.6 is 23.1 Å². The smallest absolute Gasteiger partial charge is 0.150 e. The summed E-state index contributed by atoms with van der Waals surface area (Å²) in [6.45, 7) is 5.25. The van der Waals surface area contributed by atoms with Crippen molar-refractivity contribution >= 4 is 23.1 Å². The van der Waals surface area contributed by atoms with Gasteiger partial charge in [-0.05, 0) is 37.6 Å². The summed E-state index contributed by atoms with van der Waals surface area (Å²) in [5.41, 5.74) is 2.40. The first-order valence-corrected chi connectivity index (χ1v) is 9.01. The fraction of sp³-hybridized carbons (Fsp3) is 0.438. The van der Waals surface area contributed by atoms with Crippen LogP contribution in [-0.4, -0.2) is 24.4 Å². The molecule has 1 aromatic heterocycles. The van der Waals surface area contributed by atoms with Gasteiger partial charge in [0.25, 0.3) is 0 Å². The van der Waals surface area contributed by atoms with E-state index in [2.05, 4.69) is 34.7 Å². The van der Waals surface area contributed by atoms with Crippen LogP contribution in [-0.2, 0) is 0 Å². The highest BCUT2D eigenvalue weighted by Gasteiger charge is 2.12. The molecule has 1 N–H and O–H groups in total. The minimum Gasteiger partial charge on any atom is -0.497 e. The van der Waals surface area contributed by atoms with Gasteiger partial charge in [-0.15, -0.1) is 11.3 Å². The molecule has 0 spiro atoms. The molecule has 3 nitrogen and oxygen atoms in total. The van der Waals surface area contributed by atoms with Gasteiger partial charge in [0.1, 0.15) is 10.1 Å². The van der Waals surface area contributed by atoms with E-state index >= 15 is 0 Å². The quantitative estimate of drug-likeness (QED) is 0.735. The predicted octanol–water partition coefficient (Wildman–Crippen LogP) is 4.29. The summed E-state index contributed by atoms with van der Waals surface area (Å²) in [5, 5.41) is 5.72. The van der Waals surface area contributed by atoms with Crippen molar-refractivity contribution < 1.29 is 4.74 Å². The van der Waals surface area contributed by atoms with Crippen molar-refractivity contribution in [1.82, 2.24) is 10.3 Å². The van der Waals surface area contributed by atoms with Gasteiger partial charge in [-0.3, -0.25) is 0 Å². The predicted molar refractivity (Wildman–Crippen MR) is 91.6 cm³/mol. The number of methoxy groups -OCH3 is 1. The monoisotopic (exact) mass is 322 g/mol. The molecule has 0 radical (unpaired) electrons. The topological polar surface area (TPSA) is 34.2 Å².